The van der Waals surface area contributed by atoms with Crippen LogP contribution in [0.3, 0.4) is 0 Å². The number of urea groups is 1. The zero-order valence-electron chi connectivity index (χ0n) is 19.5. The number of nitrogens with zero attached hydrogens (tertiary/aromatic N) is 3. The summed E-state index contributed by atoms with van der Waals surface area (Å²) in [6.07, 6.45) is 1.03. The molecule has 10 heteroatoms. The third kappa shape index (κ3) is 5.80. The van der Waals surface area contributed by atoms with Crippen LogP contribution in [-0.2, 0) is 16.0 Å². The fourth-order valence-electron chi connectivity index (χ4n) is 4.24. The van der Waals surface area contributed by atoms with Crippen molar-refractivity contribution in [2.45, 2.75) is 25.3 Å². The smallest absolute Gasteiger partial charge is 0.336 e. The molecule has 184 valence electrons. The molecule has 35 heavy (non-hydrogen) atoms. The molecule has 0 aromatic heterocycles. The van der Waals surface area contributed by atoms with Crippen molar-refractivity contribution in [3.05, 3.63) is 70.7 Å². The Labute approximate surface area is 209 Å². The Bertz CT molecular complexity index is 1100. The van der Waals surface area contributed by atoms with Crippen LogP contribution in [0.1, 0.15) is 29.3 Å². The molecule has 0 radical (unpaired) electrons. The van der Waals surface area contributed by atoms with Crippen LogP contribution in [0, 0.1) is 0 Å². The van der Waals surface area contributed by atoms with E-state index in [9.17, 15) is 19.2 Å². The molecule has 2 heterocycles. The van der Waals surface area contributed by atoms with Crippen molar-refractivity contribution in [1.82, 2.24) is 25.6 Å². The maximum atomic E-state index is 12.9. The highest BCUT2D eigenvalue weighted by Crippen LogP contribution is 2.22. The minimum absolute atomic E-state index is 0.0146. The third-order valence-corrected chi connectivity index (χ3v) is 6.62. The minimum atomic E-state index is -1.09. The van der Waals surface area contributed by atoms with Gasteiger partial charge in [0.05, 0.1) is 6.54 Å². The Morgan fingerprint density at radius 2 is 1.66 bits per heavy atom. The zero-order chi connectivity index (χ0) is 25.0. The number of carbonyl (C=O) groups excluding carboxylic acids is 4. The number of hydrazine groups is 1. The number of aryl methyl sites for hydroxylation is 1. The first-order valence-electron chi connectivity index (χ1n) is 11.5. The van der Waals surface area contributed by atoms with Gasteiger partial charge in [-0.1, -0.05) is 41.9 Å². The number of halogens is 1. The highest BCUT2D eigenvalue weighted by Gasteiger charge is 2.48. The minimum Gasteiger partial charge on any atom is -0.336 e. The Balaban J connectivity index is 1.25. The van der Waals surface area contributed by atoms with Gasteiger partial charge in [-0.25, -0.2) is 4.79 Å². The van der Waals surface area contributed by atoms with Gasteiger partial charge in [0.1, 0.15) is 5.54 Å². The second-order valence-corrected chi connectivity index (χ2v) is 9.44. The number of carbonyl (C=O) groups is 4. The summed E-state index contributed by atoms with van der Waals surface area (Å²) in [5.74, 6) is -1.02. The molecule has 1 unspecified atom stereocenters. The van der Waals surface area contributed by atoms with Gasteiger partial charge in [0.2, 0.25) is 0 Å². The first kappa shape index (κ1) is 24.7. The lowest BCUT2D eigenvalue weighted by atomic mass is 9.93. The lowest BCUT2D eigenvalue weighted by molar-refractivity contribution is -0.139. The number of hydrogen-bond acceptors (Lipinski definition) is 5. The predicted octanol–water partition coefficient (Wildman–Crippen LogP) is 2.07. The van der Waals surface area contributed by atoms with E-state index in [1.807, 2.05) is 35.2 Å². The number of benzene rings is 2. The van der Waals surface area contributed by atoms with E-state index < -0.39 is 23.4 Å². The molecule has 0 saturated carbocycles. The summed E-state index contributed by atoms with van der Waals surface area (Å²) < 4.78 is 0. The number of imide groups is 1. The van der Waals surface area contributed by atoms with E-state index in [0.29, 0.717) is 49.6 Å². The molecule has 1 atom stereocenters. The molecular formula is C25H28ClN5O4. The number of amides is 5. The molecule has 5 amide bonds. The van der Waals surface area contributed by atoms with Gasteiger partial charge < -0.3 is 10.2 Å². The van der Waals surface area contributed by atoms with E-state index in [2.05, 4.69) is 10.7 Å². The monoisotopic (exact) mass is 497 g/mol. The highest BCUT2D eigenvalue weighted by molar-refractivity contribution is 6.30. The van der Waals surface area contributed by atoms with Crippen molar-refractivity contribution in [2.24, 2.45) is 0 Å². The molecule has 0 bridgehead atoms. The molecule has 2 saturated heterocycles. The first-order chi connectivity index (χ1) is 16.7. The van der Waals surface area contributed by atoms with E-state index in [0.717, 1.165) is 10.6 Å². The van der Waals surface area contributed by atoms with E-state index in [-0.39, 0.29) is 12.5 Å². The summed E-state index contributed by atoms with van der Waals surface area (Å²) in [4.78, 5) is 54.2. The van der Waals surface area contributed by atoms with Crippen LogP contribution in [0.2, 0.25) is 5.02 Å². The van der Waals surface area contributed by atoms with Crippen LogP contribution in [0.5, 0.6) is 0 Å². The van der Waals surface area contributed by atoms with Crippen LogP contribution in [0.15, 0.2) is 54.6 Å². The number of piperazine rings is 1. The standard InChI is InChI=1S/C25H28ClN5O4/c1-25(12-11-18-5-3-2-4-6-18)23(34)31(24(35)27-25)28-21(32)17-29-13-15-30(16-14-29)22(33)19-7-9-20(26)10-8-19/h2-10H,11-17H2,1H3,(H,27,35)(H,28,32). The fraction of sp³-hybridized carbons (Fsp3) is 0.360. The number of hydrogen-bond donors (Lipinski definition) is 2. The largest absolute Gasteiger partial charge is 0.344 e. The summed E-state index contributed by atoms with van der Waals surface area (Å²) in [6.45, 7) is 3.62. The Hall–Kier alpha value is -3.43. The van der Waals surface area contributed by atoms with Crippen LogP contribution < -0.4 is 10.7 Å². The van der Waals surface area contributed by atoms with Crippen molar-refractivity contribution in [3.63, 3.8) is 0 Å². The maximum Gasteiger partial charge on any atom is 0.344 e. The summed E-state index contributed by atoms with van der Waals surface area (Å²) in [7, 11) is 0. The lowest BCUT2D eigenvalue weighted by Gasteiger charge is -2.34. The van der Waals surface area contributed by atoms with E-state index in [4.69, 9.17) is 11.6 Å². The molecule has 2 N–H and O–H groups in total. The van der Waals surface area contributed by atoms with Gasteiger partial charge in [-0.05, 0) is 49.6 Å². The normalized spacial score (nSPS) is 20.6. The van der Waals surface area contributed by atoms with Crippen molar-refractivity contribution >= 4 is 35.4 Å². The van der Waals surface area contributed by atoms with Gasteiger partial charge in [0, 0.05) is 36.8 Å². The fourth-order valence-corrected chi connectivity index (χ4v) is 4.37. The number of nitrogens with one attached hydrogen (secondary N) is 2. The second-order valence-electron chi connectivity index (χ2n) is 9.00. The molecular weight excluding hydrogens is 470 g/mol. The second kappa shape index (κ2) is 10.5. The van der Waals surface area contributed by atoms with Gasteiger partial charge in [-0.15, -0.1) is 0 Å². The Morgan fingerprint density at radius 3 is 2.31 bits per heavy atom. The van der Waals surface area contributed by atoms with Gasteiger partial charge >= 0.3 is 6.03 Å². The van der Waals surface area contributed by atoms with Gasteiger partial charge in [-0.3, -0.25) is 24.7 Å². The van der Waals surface area contributed by atoms with E-state index in [1.165, 1.54) is 0 Å². The highest BCUT2D eigenvalue weighted by atomic mass is 35.5. The van der Waals surface area contributed by atoms with Crippen LogP contribution in [0.4, 0.5) is 4.79 Å². The maximum absolute atomic E-state index is 12.9. The quantitative estimate of drug-likeness (QED) is 0.570. The average molecular weight is 498 g/mol. The predicted molar refractivity (Wildman–Crippen MR) is 130 cm³/mol. The summed E-state index contributed by atoms with van der Waals surface area (Å²) in [5.41, 5.74) is 2.98. The topological polar surface area (TPSA) is 102 Å². The van der Waals surface area contributed by atoms with Gasteiger partial charge in [-0.2, -0.15) is 5.01 Å². The van der Waals surface area contributed by atoms with Crippen molar-refractivity contribution in [1.29, 1.82) is 0 Å². The molecule has 2 aliphatic rings. The lowest BCUT2D eigenvalue weighted by Crippen LogP contribution is -2.54. The average Bonchev–Trinajstić information content (AvgIpc) is 3.07. The molecule has 2 aromatic rings. The van der Waals surface area contributed by atoms with E-state index in [1.54, 1.807) is 36.1 Å². The SMILES string of the molecule is CC1(CCc2ccccc2)NC(=O)N(NC(=O)CN2CCN(C(=O)c3ccc(Cl)cc3)CC2)C1=O. The third-order valence-electron chi connectivity index (χ3n) is 6.37. The van der Waals surface area contributed by atoms with Gasteiger partial charge in [0.15, 0.2) is 0 Å². The van der Waals surface area contributed by atoms with Crippen LogP contribution in [0.25, 0.3) is 0 Å². The molecule has 2 aliphatic heterocycles. The van der Waals surface area contributed by atoms with Gasteiger partial charge in [0.25, 0.3) is 17.7 Å². The van der Waals surface area contributed by atoms with E-state index >= 15 is 0 Å². The van der Waals surface area contributed by atoms with Crippen LogP contribution >= 0.6 is 11.6 Å². The summed E-state index contributed by atoms with van der Waals surface area (Å²) in [5, 5.41) is 4.04. The molecule has 9 nitrogen and oxygen atoms in total. The van der Waals surface area contributed by atoms with Crippen molar-refractivity contribution in [2.75, 3.05) is 32.7 Å². The number of rotatable bonds is 7. The first-order valence-corrected chi connectivity index (χ1v) is 11.9. The molecule has 4 rings (SSSR count). The van der Waals surface area contributed by atoms with Crippen molar-refractivity contribution in [3.8, 4) is 0 Å². The summed E-state index contributed by atoms with van der Waals surface area (Å²) in [6, 6.07) is 15.8. The zero-order valence-corrected chi connectivity index (χ0v) is 20.3. The Kier molecular flexibility index (Phi) is 7.37. The Morgan fingerprint density at radius 1 is 1.00 bits per heavy atom. The molecule has 2 aromatic carbocycles. The molecule has 0 spiro atoms. The summed E-state index contributed by atoms with van der Waals surface area (Å²) >= 11 is 5.89. The van der Waals surface area contributed by atoms with Crippen molar-refractivity contribution < 1.29 is 19.2 Å². The molecule has 2 fully saturated rings. The van der Waals surface area contributed by atoms with Crippen LogP contribution in [-0.4, -0.2) is 76.8 Å². The molecule has 0 aliphatic carbocycles.